The minimum Gasteiger partial charge on any atom is -0.481 e. The normalized spacial score (nSPS) is 23.9. The Labute approximate surface area is 137 Å². The Morgan fingerprint density at radius 1 is 1.12 bits per heavy atom. The summed E-state index contributed by atoms with van der Waals surface area (Å²) in [5.74, 6) is -2.45. The lowest BCUT2D eigenvalue weighted by Gasteiger charge is -2.27. The molecule has 4 nitrogen and oxygen atoms in total. The van der Waals surface area contributed by atoms with Gasteiger partial charge in [0.2, 0.25) is 0 Å². The van der Waals surface area contributed by atoms with Gasteiger partial charge in [-0.15, -0.1) is 0 Å². The van der Waals surface area contributed by atoms with Crippen LogP contribution in [0.25, 0.3) is 0 Å². The summed E-state index contributed by atoms with van der Waals surface area (Å²) in [7, 11) is 0. The summed E-state index contributed by atoms with van der Waals surface area (Å²) < 4.78 is 39.6. The van der Waals surface area contributed by atoms with E-state index in [1.165, 1.54) is 5.56 Å². The Balaban J connectivity index is 1.83. The fourth-order valence-corrected chi connectivity index (χ4v) is 3.56. The van der Waals surface area contributed by atoms with Gasteiger partial charge in [-0.3, -0.25) is 9.59 Å². The van der Waals surface area contributed by atoms with Crippen molar-refractivity contribution in [2.75, 3.05) is 13.1 Å². The minimum absolute atomic E-state index is 0.207. The van der Waals surface area contributed by atoms with Crippen LogP contribution < -0.4 is 0 Å². The third kappa shape index (κ3) is 2.65. The predicted molar refractivity (Wildman–Crippen MR) is 79.7 cm³/mol. The molecule has 1 aromatic rings. The summed E-state index contributed by atoms with van der Waals surface area (Å²) in [6.07, 6.45) is -1.56. The maximum absolute atomic E-state index is 13.2. The Kier molecular flexibility index (Phi) is 4.05. The van der Waals surface area contributed by atoms with Gasteiger partial charge in [-0.25, -0.2) is 0 Å². The molecule has 7 heteroatoms. The van der Waals surface area contributed by atoms with Crippen molar-refractivity contribution < 1.29 is 27.9 Å². The van der Waals surface area contributed by atoms with E-state index in [1.54, 1.807) is 12.1 Å². The van der Waals surface area contributed by atoms with Crippen LogP contribution in [0.2, 0.25) is 0 Å². The fraction of sp³-hybridized carbons (Fsp3) is 0.529. The zero-order valence-corrected chi connectivity index (χ0v) is 13.0. The van der Waals surface area contributed by atoms with Crippen LogP contribution in [0.1, 0.15) is 40.7 Å². The number of amides is 1. The van der Waals surface area contributed by atoms with E-state index in [9.17, 15) is 22.8 Å². The first-order valence-corrected chi connectivity index (χ1v) is 7.96. The fourth-order valence-electron chi connectivity index (χ4n) is 3.56. The van der Waals surface area contributed by atoms with Gasteiger partial charge >= 0.3 is 12.1 Å². The monoisotopic (exact) mass is 341 g/mol. The van der Waals surface area contributed by atoms with Crippen molar-refractivity contribution >= 4 is 11.9 Å². The van der Waals surface area contributed by atoms with E-state index < -0.39 is 36.4 Å². The number of hydrogen-bond acceptors (Lipinski definition) is 2. The third-order valence-corrected chi connectivity index (χ3v) is 5.10. The van der Waals surface area contributed by atoms with Gasteiger partial charge in [0.1, 0.15) is 0 Å². The van der Waals surface area contributed by atoms with Gasteiger partial charge in [0.25, 0.3) is 5.91 Å². The molecule has 2 aliphatic rings. The van der Waals surface area contributed by atoms with E-state index in [4.69, 9.17) is 5.11 Å². The number of fused-ring (bicyclic) bond motifs is 1. The van der Waals surface area contributed by atoms with Crippen LogP contribution in [0.5, 0.6) is 0 Å². The SMILES string of the molecule is O=C(c1ccc2c(c1)CCCC2)N1CCC(C(=O)O)(C(F)(F)F)C1. The highest BCUT2D eigenvalue weighted by Gasteiger charge is 2.64. The smallest absolute Gasteiger partial charge is 0.406 e. The molecule has 130 valence electrons. The van der Waals surface area contributed by atoms with Crippen molar-refractivity contribution in [1.82, 2.24) is 4.90 Å². The number of benzene rings is 1. The lowest BCUT2D eigenvalue weighted by molar-refractivity contribution is -0.227. The van der Waals surface area contributed by atoms with E-state index >= 15 is 0 Å². The molecule has 1 fully saturated rings. The molecule has 3 rings (SSSR count). The summed E-state index contributed by atoms with van der Waals surface area (Å²) in [4.78, 5) is 24.8. The molecule has 1 aromatic carbocycles. The highest BCUT2D eigenvalue weighted by Crippen LogP contribution is 2.46. The maximum Gasteiger partial charge on any atom is 0.406 e. The van der Waals surface area contributed by atoms with E-state index in [-0.39, 0.29) is 6.54 Å². The van der Waals surface area contributed by atoms with Gasteiger partial charge < -0.3 is 10.0 Å². The first kappa shape index (κ1) is 16.8. The number of carboxylic acids is 1. The van der Waals surface area contributed by atoms with Gasteiger partial charge in [0.05, 0.1) is 0 Å². The highest BCUT2D eigenvalue weighted by molar-refractivity contribution is 5.95. The van der Waals surface area contributed by atoms with Crippen LogP contribution in [-0.2, 0) is 17.6 Å². The van der Waals surface area contributed by atoms with E-state index in [1.807, 2.05) is 6.07 Å². The molecular formula is C17H18F3NO3. The van der Waals surface area contributed by atoms with Crippen LogP contribution in [0.3, 0.4) is 0 Å². The number of carboxylic acid groups (broad SMARTS) is 1. The number of aryl methyl sites for hydroxylation is 2. The van der Waals surface area contributed by atoms with Crippen molar-refractivity contribution in [3.63, 3.8) is 0 Å². The van der Waals surface area contributed by atoms with Gasteiger partial charge in [0.15, 0.2) is 5.41 Å². The van der Waals surface area contributed by atoms with Crippen molar-refractivity contribution in [2.45, 2.75) is 38.3 Å². The largest absolute Gasteiger partial charge is 0.481 e. The second-order valence-electron chi connectivity index (χ2n) is 6.55. The van der Waals surface area contributed by atoms with Crippen LogP contribution in [0, 0.1) is 5.41 Å². The molecule has 1 aliphatic heterocycles. The first-order chi connectivity index (χ1) is 11.2. The molecular weight excluding hydrogens is 323 g/mol. The predicted octanol–water partition coefficient (Wildman–Crippen LogP) is 3.04. The Hall–Kier alpha value is -2.05. The van der Waals surface area contributed by atoms with Crippen LogP contribution in [-0.4, -0.2) is 41.1 Å². The molecule has 0 spiro atoms. The number of alkyl halides is 3. The summed E-state index contributed by atoms with van der Waals surface area (Å²) in [5.41, 5.74) is -0.295. The number of carbonyl (C=O) groups is 2. The zero-order chi connectivity index (χ0) is 17.5. The van der Waals surface area contributed by atoms with E-state index in [0.29, 0.717) is 5.56 Å². The molecule has 1 amide bonds. The molecule has 1 N–H and O–H groups in total. The molecule has 0 bridgehead atoms. The summed E-state index contributed by atoms with van der Waals surface area (Å²) in [6.45, 7) is -1.04. The topological polar surface area (TPSA) is 57.6 Å². The standard InChI is InChI=1S/C17H18F3NO3/c18-17(19,20)16(15(23)24)7-8-21(10-16)14(22)13-6-5-11-3-1-2-4-12(11)9-13/h5-6,9H,1-4,7-8,10H2,(H,23,24). The van der Waals surface area contributed by atoms with E-state index in [0.717, 1.165) is 36.1 Å². The van der Waals surface area contributed by atoms with Gasteiger partial charge in [0, 0.05) is 18.7 Å². The van der Waals surface area contributed by atoms with E-state index in [2.05, 4.69) is 0 Å². The van der Waals surface area contributed by atoms with Gasteiger partial charge in [-0.05, 0) is 55.4 Å². The summed E-state index contributed by atoms with van der Waals surface area (Å²) >= 11 is 0. The molecule has 0 saturated carbocycles. The highest BCUT2D eigenvalue weighted by atomic mass is 19.4. The number of aliphatic carboxylic acids is 1. The number of halogens is 3. The molecule has 0 radical (unpaired) electrons. The van der Waals surface area contributed by atoms with Gasteiger partial charge in [-0.1, -0.05) is 6.07 Å². The number of carbonyl (C=O) groups excluding carboxylic acids is 1. The first-order valence-electron chi connectivity index (χ1n) is 7.96. The third-order valence-electron chi connectivity index (χ3n) is 5.10. The number of nitrogens with zero attached hydrogens (tertiary/aromatic N) is 1. The molecule has 1 unspecified atom stereocenters. The zero-order valence-electron chi connectivity index (χ0n) is 13.0. The molecule has 24 heavy (non-hydrogen) atoms. The van der Waals surface area contributed by atoms with Crippen LogP contribution in [0.15, 0.2) is 18.2 Å². The molecule has 0 aromatic heterocycles. The van der Waals surface area contributed by atoms with Crippen LogP contribution in [0.4, 0.5) is 13.2 Å². The quantitative estimate of drug-likeness (QED) is 0.899. The average Bonchev–Trinajstić information content (AvgIpc) is 3.00. The Morgan fingerprint density at radius 3 is 2.38 bits per heavy atom. The lowest BCUT2D eigenvalue weighted by Crippen LogP contribution is -2.47. The molecule has 1 atom stereocenters. The molecule has 1 aliphatic carbocycles. The Morgan fingerprint density at radius 2 is 1.79 bits per heavy atom. The van der Waals surface area contributed by atoms with Crippen molar-refractivity contribution in [3.05, 3.63) is 34.9 Å². The average molecular weight is 341 g/mol. The summed E-state index contributed by atoms with van der Waals surface area (Å²) in [6, 6.07) is 5.22. The van der Waals surface area contributed by atoms with Crippen molar-refractivity contribution in [2.24, 2.45) is 5.41 Å². The maximum atomic E-state index is 13.2. The molecule has 1 heterocycles. The Bertz CT molecular complexity index is 686. The number of rotatable bonds is 2. The number of hydrogen-bond donors (Lipinski definition) is 1. The van der Waals surface area contributed by atoms with Crippen LogP contribution >= 0.6 is 0 Å². The van der Waals surface area contributed by atoms with Crippen molar-refractivity contribution in [3.8, 4) is 0 Å². The summed E-state index contributed by atoms with van der Waals surface area (Å²) in [5, 5.41) is 9.07. The van der Waals surface area contributed by atoms with Gasteiger partial charge in [-0.2, -0.15) is 13.2 Å². The second kappa shape index (κ2) is 5.79. The number of likely N-dealkylation sites (tertiary alicyclic amines) is 1. The van der Waals surface area contributed by atoms with Crippen molar-refractivity contribution in [1.29, 1.82) is 0 Å². The molecule has 1 saturated heterocycles. The lowest BCUT2D eigenvalue weighted by atomic mass is 9.86. The minimum atomic E-state index is -4.89. The second-order valence-corrected chi connectivity index (χ2v) is 6.55.